The number of nitrogens with zero attached hydrogens (tertiary/aromatic N) is 3. The summed E-state index contributed by atoms with van der Waals surface area (Å²) in [4.78, 5) is 15.5. The molecular weight excluding hydrogens is 425 g/mol. The molecule has 0 atom stereocenters. The Kier molecular flexibility index (Phi) is 5.58. The molecule has 7 nitrogen and oxygen atoms in total. The molecule has 0 amide bonds. The van der Waals surface area contributed by atoms with Crippen molar-refractivity contribution in [1.82, 2.24) is 9.55 Å². The van der Waals surface area contributed by atoms with E-state index in [4.69, 9.17) is 26.8 Å². The van der Waals surface area contributed by atoms with E-state index < -0.39 is 17.8 Å². The van der Waals surface area contributed by atoms with Crippen molar-refractivity contribution in [3.63, 3.8) is 0 Å². The number of alkyl halides is 3. The number of hydrogen-bond donors (Lipinski definition) is 1. The van der Waals surface area contributed by atoms with Gasteiger partial charge in [0.25, 0.3) is 0 Å². The first-order chi connectivity index (χ1) is 14.2. The van der Waals surface area contributed by atoms with Gasteiger partial charge in [-0.2, -0.15) is 18.4 Å². The number of hydrogen-bond acceptors (Lipinski definition) is 6. The van der Waals surface area contributed by atoms with Gasteiger partial charge in [-0.15, -0.1) is 0 Å². The minimum Gasteiger partial charge on any atom is -0.464 e. The van der Waals surface area contributed by atoms with Gasteiger partial charge in [0, 0.05) is 18.0 Å². The molecule has 0 bridgehead atoms. The number of nitrogens with two attached hydrogens (primary N) is 1. The van der Waals surface area contributed by atoms with E-state index in [1.807, 2.05) is 6.07 Å². The van der Waals surface area contributed by atoms with Crippen molar-refractivity contribution in [1.29, 1.82) is 5.26 Å². The quantitative estimate of drug-likeness (QED) is 0.600. The number of nitrogen functional groups attached to an aromatic ring is 1. The van der Waals surface area contributed by atoms with Gasteiger partial charge in [0.2, 0.25) is 5.88 Å². The molecule has 154 valence electrons. The lowest BCUT2D eigenvalue weighted by atomic mass is 10.2. The fourth-order valence-electron chi connectivity index (χ4n) is 2.58. The molecule has 0 fully saturated rings. The van der Waals surface area contributed by atoms with Gasteiger partial charge < -0.3 is 19.8 Å². The summed E-state index contributed by atoms with van der Waals surface area (Å²) >= 11 is 6.20. The molecule has 11 heteroatoms. The van der Waals surface area contributed by atoms with E-state index in [2.05, 4.69) is 4.98 Å². The summed E-state index contributed by atoms with van der Waals surface area (Å²) in [6, 6.07) is 9.33. The lowest BCUT2D eigenvalue weighted by Crippen LogP contribution is -2.11. The third-order valence-electron chi connectivity index (χ3n) is 3.97. The van der Waals surface area contributed by atoms with Crippen molar-refractivity contribution in [2.45, 2.75) is 6.18 Å². The molecule has 0 aliphatic heterocycles. The summed E-state index contributed by atoms with van der Waals surface area (Å²) in [7, 11) is 1.16. The monoisotopic (exact) mass is 436 g/mol. The molecule has 0 radical (unpaired) electrons. The number of carbonyl (C=O) groups excluding carboxylic acids is 1. The number of esters is 1. The maximum absolute atomic E-state index is 12.8. The van der Waals surface area contributed by atoms with Crippen molar-refractivity contribution < 1.29 is 27.4 Å². The molecule has 0 unspecified atom stereocenters. The summed E-state index contributed by atoms with van der Waals surface area (Å²) in [6.45, 7) is 0. The molecule has 2 N–H and O–H groups in total. The predicted molar refractivity (Wildman–Crippen MR) is 101 cm³/mol. The second kappa shape index (κ2) is 7.96. The Hall–Kier alpha value is -3.71. The van der Waals surface area contributed by atoms with Crippen LogP contribution < -0.4 is 10.5 Å². The minimum atomic E-state index is -4.62. The van der Waals surface area contributed by atoms with E-state index >= 15 is 0 Å². The molecule has 30 heavy (non-hydrogen) atoms. The average molecular weight is 437 g/mol. The van der Waals surface area contributed by atoms with Gasteiger partial charge in [-0.05, 0) is 24.3 Å². The van der Waals surface area contributed by atoms with Crippen LogP contribution in [0.25, 0.3) is 5.69 Å². The molecule has 0 saturated carbocycles. The Balaban J connectivity index is 1.98. The summed E-state index contributed by atoms with van der Waals surface area (Å²) in [5.41, 5.74) is 5.01. The highest BCUT2D eigenvalue weighted by Gasteiger charge is 2.32. The van der Waals surface area contributed by atoms with Crippen LogP contribution in [0.15, 0.2) is 42.6 Å². The zero-order chi connectivity index (χ0) is 22.1. The smallest absolute Gasteiger partial charge is 0.433 e. The highest BCUT2D eigenvalue weighted by molar-refractivity contribution is 6.32. The van der Waals surface area contributed by atoms with Crippen molar-refractivity contribution >= 4 is 23.3 Å². The Bertz CT molecular complexity index is 1170. The highest BCUT2D eigenvalue weighted by atomic mass is 35.5. The largest absolute Gasteiger partial charge is 0.464 e. The second-order valence-electron chi connectivity index (χ2n) is 5.85. The topological polar surface area (TPSA) is 103 Å². The molecular formula is C19H12ClF3N4O3. The van der Waals surface area contributed by atoms with E-state index in [-0.39, 0.29) is 33.6 Å². The van der Waals surface area contributed by atoms with Crippen LogP contribution in [-0.4, -0.2) is 22.6 Å². The summed E-state index contributed by atoms with van der Waals surface area (Å²) in [5.74, 6) is -1.03. The first kappa shape index (κ1) is 21.0. The maximum atomic E-state index is 12.8. The van der Waals surface area contributed by atoms with E-state index in [9.17, 15) is 23.2 Å². The predicted octanol–water partition coefficient (Wildman–Crippen LogP) is 4.58. The number of carbonyl (C=O) groups is 1. The van der Waals surface area contributed by atoms with Crippen LogP contribution in [0, 0.1) is 11.3 Å². The van der Waals surface area contributed by atoms with E-state index in [1.54, 1.807) is 0 Å². The van der Waals surface area contributed by atoms with Crippen LogP contribution in [0.5, 0.6) is 11.6 Å². The van der Waals surface area contributed by atoms with Gasteiger partial charge in [0.1, 0.15) is 17.5 Å². The molecule has 0 saturated heterocycles. The average Bonchev–Trinajstić information content (AvgIpc) is 3.05. The molecule has 3 aromatic rings. The van der Waals surface area contributed by atoms with Gasteiger partial charge in [-0.25, -0.2) is 9.78 Å². The van der Waals surface area contributed by atoms with Gasteiger partial charge >= 0.3 is 12.1 Å². The summed E-state index contributed by atoms with van der Waals surface area (Å²) in [5, 5.41) is 9.19. The molecule has 2 heterocycles. The van der Waals surface area contributed by atoms with Crippen molar-refractivity contribution in [3.05, 3.63) is 64.6 Å². The van der Waals surface area contributed by atoms with Gasteiger partial charge in [-0.1, -0.05) is 17.7 Å². The zero-order valence-electron chi connectivity index (χ0n) is 15.2. The fraction of sp³-hybridized carbons (Fsp3) is 0.105. The van der Waals surface area contributed by atoms with Crippen LogP contribution in [0.4, 0.5) is 18.9 Å². The first-order valence-electron chi connectivity index (χ1n) is 8.17. The van der Waals surface area contributed by atoms with E-state index in [0.717, 1.165) is 19.2 Å². The molecule has 0 spiro atoms. The molecule has 0 aliphatic carbocycles. The van der Waals surface area contributed by atoms with Crippen LogP contribution in [0.2, 0.25) is 5.02 Å². The standard InChI is InChI=1S/C19H12ClF3N4O3/c1-29-18(28)17-16(25)10(8-24)9-27(17)11-5-6-13(12(20)7-11)30-15-4-2-3-14(26-15)19(21,22)23/h2-7,9H,25H2,1H3. The lowest BCUT2D eigenvalue weighted by Gasteiger charge is -2.12. The number of nitriles is 1. The lowest BCUT2D eigenvalue weighted by molar-refractivity contribution is -0.141. The van der Waals surface area contributed by atoms with Crippen molar-refractivity contribution in [2.75, 3.05) is 12.8 Å². The zero-order valence-corrected chi connectivity index (χ0v) is 16.0. The number of halogens is 4. The molecule has 1 aromatic carbocycles. The number of ether oxygens (including phenoxy) is 2. The van der Waals surface area contributed by atoms with E-state index in [1.165, 1.54) is 35.0 Å². The molecule has 3 rings (SSSR count). The number of benzene rings is 1. The number of pyridine rings is 1. The Morgan fingerprint density at radius 2 is 2.03 bits per heavy atom. The maximum Gasteiger partial charge on any atom is 0.433 e. The SMILES string of the molecule is COC(=O)c1c(N)c(C#N)cn1-c1ccc(Oc2cccc(C(F)(F)F)n2)c(Cl)c1. The highest BCUT2D eigenvalue weighted by Crippen LogP contribution is 2.34. The van der Waals surface area contributed by atoms with Crippen LogP contribution in [0.1, 0.15) is 21.7 Å². The normalized spacial score (nSPS) is 11.1. The minimum absolute atomic E-state index is 0.0216. The number of aromatic nitrogens is 2. The fourth-order valence-corrected chi connectivity index (χ4v) is 2.80. The number of rotatable bonds is 4. The van der Waals surface area contributed by atoms with Crippen molar-refractivity contribution in [3.8, 4) is 23.4 Å². The third-order valence-corrected chi connectivity index (χ3v) is 4.26. The number of anilines is 1. The Morgan fingerprint density at radius 3 is 2.63 bits per heavy atom. The number of methoxy groups -OCH3 is 1. The van der Waals surface area contributed by atoms with Crippen LogP contribution >= 0.6 is 11.6 Å². The van der Waals surface area contributed by atoms with Crippen molar-refractivity contribution in [2.24, 2.45) is 0 Å². The summed E-state index contributed by atoms with van der Waals surface area (Å²) < 4.78 is 49.8. The Labute approximate surface area is 173 Å². The Morgan fingerprint density at radius 1 is 1.30 bits per heavy atom. The third kappa shape index (κ3) is 4.01. The second-order valence-corrected chi connectivity index (χ2v) is 6.26. The van der Waals surface area contributed by atoms with Crippen LogP contribution in [-0.2, 0) is 10.9 Å². The molecule has 2 aromatic heterocycles. The van der Waals surface area contributed by atoms with Gasteiger partial charge in [0.15, 0.2) is 5.69 Å². The molecule has 0 aliphatic rings. The van der Waals surface area contributed by atoms with E-state index in [0.29, 0.717) is 5.69 Å². The van der Waals surface area contributed by atoms with Gasteiger partial charge in [-0.3, -0.25) is 0 Å². The van der Waals surface area contributed by atoms with Crippen LogP contribution in [0.3, 0.4) is 0 Å². The van der Waals surface area contributed by atoms with Gasteiger partial charge in [0.05, 0.1) is 23.4 Å². The summed E-state index contributed by atoms with van der Waals surface area (Å²) in [6.07, 6.45) is -3.29. The first-order valence-corrected chi connectivity index (χ1v) is 8.54.